The van der Waals surface area contributed by atoms with Crippen LogP contribution in [0.15, 0.2) is 41.8 Å². The van der Waals surface area contributed by atoms with Crippen LogP contribution in [-0.4, -0.2) is 35.3 Å². The number of hydrogen-bond donors (Lipinski definition) is 1. The number of benzene rings is 1. The molecule has 1 heterocycles. The number of hydrogen-bond acceptors (Lipinski definition) is 6. The van der Waals surface area contributed by atoms with Crippen molar-refractivity contribution in [2.45, 2.75) is 30.3 Å². The van der Waals surface area contributed by atoms with Crippen LogP contribution in [0.1, 0.15) is 25.5 Å². The van der Waals surface area contributed by atoms with Crippen LogP contribution in [0.5, 0.6) is 11.5 Å². The molecule has 2 rings (SSSR count). The van der Waals surface area contributed by atoms with Gasteiger partial charge in [0.1, 0.15) is 11.5 Å². The molecular weight excluding hydrogens is 326 g/mol. The molecular formula is C17H21N3O3S. The number of aromatic nitrogens is 2. The van der Waals surface area contributed by atoms with Gasteiger partial charge in [0, 0.05) is 18.0 Å². The first-order valence-corrected chi connectivity index (χ1v) is 8.39. The molecule has 0 aliphatic rings. The third-order valence-corrected chi connectivity index (χ3v) is 4.44. The first-order valence-electron chi connectivity index (χ1n) is 7.51. The summed E-state index contributed by atoms with van der Waals surface area (Å²) in [5.41, 5.74) is 0.860. The highest BCUT2D eigenvalue weighted by Gasteiger charge is 2.20. The number of methoxy groups -OCH3 is 2. The predicted molar refractivity (Wildman–Crippen MR) is 93.5 cm³/mol. The van der Waals surface area contributed by atoms with Crippen molar-refractivity contribution < 1.29 is 14.3 Å². The van der Waals surface area contributed by atoms with Gasteiger partial charge in [-0.25, -0.2) is 9.97 Å². The van der Waals surface area contributed by atoms with Gasteiger partial charge in [0.2, 0.25) is 5.91 Å². The lowest BCUT2D eigenvalue weighted by atomic mass is 10.1. The lowest BCUT2D eigenvalue weighted by Gasteiger charge is -2.20. The second-order valence-electron chi connectivity index (χ2n) is 5.13. The first-order chi connectivity index (χ1) is 11.5. The first kappa shape index (κ1) is 18.1. The topological polar surface area (TPSA) is 73.3 Å². The fourth-order valence-electron chi connectivity index (χ4n) is 2.14. The summed E-state index contributed by atoms with van der Waals surface area (Å²) >= 11 is 1.32. The Morgan fingerprint density at radius 1 is 1.17 bits per heavy atom. The van der Waals surface area contributed by atoms with Crippen LogP contribution in [0.3, 0.4) is 0 Å². The molecule has 128 valence electrons. The maximum atomic E-state index is 12.4. The zero-order chi connectivity index (χ0) is 17.5. The van der Waals surface area contributed by atoms with Gasteiger partial charge < -0.3 is 14.8 Å². The molecule has 2 aromatic rings. The number of nitrogens with zero attached hydrogens (tertiary/aromatic N) is 2. The molecule has 1 N–H and O–H groups in total. The highest BCUT2D eigenvalue weighted by atomic mass is 32.2. The molecule has 7 heteroatoms. The van der Waals surface area contributed by atoms with Gasteiger partial charge in [-0.05, 0) is 38.1 Å². The summed E-state index contributed by atoms with van der Waals surface area (Å²) in [6.45, 7) is 3.73. The molecule has 1 amide bonds. The molecule has 0 radical (unpaired) electrons. The summed E-state index contributed by atoms with van der Waals surface area (Å²) in [5.74, 6) is 1.33. The van der Waals surface area contributed by atoms with E-state index >= 15 is 0 Å². The molecule has 0 saturated carbocycles. The van der Waals surface area contributed by atoms with Crippen LogP contribution in [0.2, 0.25) is 0 Å². The van der Waals surface area contributed by atoms with E-state index in [0.29, 0.717) is 16.7 Å². The highest BCUT2D eigenvalue weighted by Crippen LogP contribution is 2.29. The minimum Gasteiger partial charge on any atom is -0.497 e. The standard InChI is InChI=1S/C17H21N3O3S/c1-11(14-10-13(22-3)6-7-15(14)23-4)20-16(21)12(2)24-17-18-8-5-9-19-17/h5-12H,1-4H3,(H,20,21)/t11-,12+/m0/s1. The quantitative estimate of drug-likeness (QED) is 0.613. The van der Waals surface area contributed by atoms with Gasteiger partial charge in [0.05, 0.1) is 25.5 Å². The molecule has 0 bridgehead atoms. The number of ether oxygens (including phenoxy) is 2. The Morgan fingerprint density at radius 2 is 1.88 bits per heavy atom. The van der Waals surface area contributed by atoms with Crippen molar-refractivity contribution in [3.05, 3.63) is 42.2 Å². The number of nitrogens with one attached hydrogen (secondary N) is 1. The number of carbonyl (C=O) groups excluding carboxylic acids is 1. The Bertz CT molecular complexity index is 682. The maximum absolute atomic E-state index is 12.4. The van der Waals surface area contributed by atoms with E-state index in [9.17, 15) is 4.79 Å². The number of thioether (sulfide) groups is 1. The van der Waals surface area contributed by atoms with Crippen LogP contribution in [0.4, 0.5) is 0 Å². The average molecular weight is 347 g/mol. The molecule has 2 atom stereocenters. The molecule has 0 aliphatic heterocycles. The highest BCUT2D eigenvalue weighted by molar-refractivity contribution is 8.00. The number of rotatable bonds is 7. The fraction of sp³-hybridized carbons (Fsp3) is 0.353. The van der Waals surface area contributed by atoms with Crippen molar-refractivity contribution in [2.75, 3.05) is 14.2 Å². The molecule has 1 aromatic carbocycles. The van der Waals surface area contributed by atoms with Crippen LogP contribution in [-0.2, 0) is 4.79 Å². The Kier molecular flexibility index (Phi) is 6.43. The molecule has 24 heavy (non-hydrogen) atoms. The van der Waals surface area contributed by atoms with E-state index in [1.807, 2.05) is 32.0 Å². The second kappa shape index (κ2) is 8.54. The molecule has 0 saturated heterocycles. The Balaban J connectivity index is 2.05. The monoisotopic (exact) mass is 347 g/mol. The Hall–Kier alpha value is -2.28. The van der Waals surface area contributed by atoms with E-state index < -0.39 is 0 Å². The largest absolute Gasteiger partial charge is 0.497 e. The summed E-state index contributed by atoms with van der Waals surface area (Å²) in [7, 11) is 3.21. The van der Waals surface area contributed by atoms with Gasteiger partial charge in [-0.1, -0.05) is 11.8 Å². The lowest BCUT2D eigenvalue weighted by Crippen LogP contribution is -2.33. The van der Waals surface area contributed by atoms with Gasteiger partial charge in [0.25, 0.3) is 0 Å². The van der Waals surface area contributed by atoms with Crippen molar-refractivity contribution in [3.8, 4) is 11.5 Å². The summed E-state index contributed by atoms with van der Waals surface area (Å²) < 4.78 is 10.6. The van der Waals surface area contributed by atoms with E-state index in [1.54, 1.807) is 32.7 Å². The number of carbonyl (C=O) groups is 1. The fourth-order valence-corrected chi connectivity index (χ4v) is 2.88. The van der Waals surface area contributed by atoms with Crippen molar-refractivity contribution in [1.82, 2.24) is 15.3 Å². The third kappa shape index (κ3) is 4.61. The van der Waals surface area contributed by atoms with Crippen LogP contribution in [0.25, 0.3) is 0 Å². The summed E-state index contributed by atoms with van der Waals surface area (Å²) in [6, 6.07) is 7.03. The second-order valence-corrected chi connectivity index (χ2v) is 6.44. The van der Waals surface area contributed by atoms with E-state index in [4.69, 9.17) is 9.47 Å². The normalized spacial score (nSPS) is 13.0. The predicted octanol–water partition coefficient (Wildman–Crippen LogP) is 2.85. The smallest absolute Gasteiger partial charge is 0.233 e. The van der Waals surface area contributed by atoms with E-state index in [0.717, 1.165) is 5.56 Å². The SMILES string of the molecule is COc1ccc(OC)c([C@H](C)NC(=O)[C@@H](C)Sc2ncccn2)c1. The molecule has 6 nitrogen and oxygen atoms in total. The Morgan fingerprint density at radius 3 is 2.50 bits per heavy atom. The van der Waals surface area contributed by atoms with Crippen molar-refractivity contribution in [2.24, 2.45) is 0 Å². The van der Waals surface area contributed by atoms with Crippen molar-refractivity contribution in [3.63, 3.8) is 0 Å². The van der Waals surface area contributed by atoms with Gasteiger partial charge in [-0.2, -0.15) is 0 Å². The minimum absolute atomic E-state index is 0.0928. The van der Waals surface area contributed by atoms with Crippen molar-refractivity contribution in [1.29, 1.82) is 0 Å². The van der Waals surface area contributed by atoms with Crippen LogP contribution >= 0.6 is 11.8 Å². The lowest BCUT2D eigenvalue weighted by molar-refractivity contribution is -0.120. The van der Waals surface area contributed by atoms with E-state index in [2.05, 4.69) is 15.3 Å². The van der Waals surface area contributed by atoms with E-state index in [1.165, 1.54) is 11.8 Å². The molecule has 0 fully saturated rings. The summed E-state index contributed by atoms with van der Waals surface area (Å²) in [4.78, 5) is 20.7. The van der Waals surface area contributed by atoms with Gasteiger partial charge >= 0.3 is 0 Å². The third-order valence-electron chi connectivity index (χ3n) is 3.46. The number of amides is 1. The molecule has 0 aliphatic carbocycles. The van der Waals surface area contributed by atoms with Gasteiger partial charge in [-0.15, -0.1) is 0 Å². The van der Waals surface area contributed by atoms with Gasteiger partial charge in [0.15, 0.2) is 5.16 Å². The summed E-state index contributed by atoms with van der Waals surface area (Å²) in [6.07, 6.45) is 3.31. The van der Waals surface area contributed by atoms with Crippen LogP contribution in [0, 0.1) is 0 Å². The van der Waals surface area contributed by atoms with Gasteiger partial charge in [-0.3, -0.25) is 4.79 Å². The zero-order valence-corrected chi connectivity index (χ0v) is 15.0. The minimum atomic E-state index is -0.313. The van der Waals surface area contributed by atoms with Crippen molar-refractivity contribution >= 4 is 17.7 Å². The average Bonchev–Trinajstić information content (AvgIpc) is 2.61. The van der Waals surface area contributed by atoms with Crippen LogP contribution < -0.4 is 14.8 Å². The van der Waals surface area contributed by atoms with E-state index in [-0.39, 0.29) is 17.2 Å². The zero-order valence-electron chi connectivity index (χ0n) is 14.1. The Labute approximate surface area is 146 Å². The summed E-state index contributed by atoms with van der Waals surface area (Å²) in [5, 5.41) is 3.25. The molecule has 0 spiro atoms. The molecule has 0 unspecified atom stereocenters. The molecule has 1 aromatic heterocycles. The maximum Gasteiger partial charge on any atom is 0.233 e.